The van der Waals surface area contributed by atoms with Gasteiger partial charge in [0.2, 0.25) is 0 Å². The maximum atomic E-state index is 12.2. The summed E-state index contributed by atoms with van der Waals surface area (Å²) in [5.41, 5.74) is -0.911. The van der Waals surface area contributed by atoms with E-state index in [-0.39, 0.29) is 11.5 Å². The second kappa shape index (κ2) is 2.83. The summed E-state index contributed by atoms with van der Waals surface area (Å²) in [4.78, 5) is 11.2. The molecule has 1 aromatic heterocycles. The SMILES string of the molecule is O=C1CCCn2nc(C(F)(F)F)cc21. The number of carbonyl (C=O) groups is 1. The summed E-state index contributed by atoms with van der Waals surface area (Å²) in [7, 11) is 0. The fourth-order valence-corrected chi connectivity index (χ4v) is 1.47. The summed E-state index contributed by atoms with van der Waals surface area (Å²) in [6.45, 7) is 0.386. The van der Waals surface area contributed by atoms with Gasteiger partial charge in [0.1, 0.15) is 5.69 Å². The number of rotatable bonds is 0. The first-order valence-electron chi connectivity index (χ1n) is 4.17. The van der Waals surface area contributed by atoms with Crippen LogP contribution in [0.4, 0.5) is 13.2 Å². The average Bonchev–Trinajstić information content (AvgIpc) is 2.48. The van der Waals surface area contributed by atoms with Crippen molar-refractivity contribution >= 4 is 5.78 Å². The summed E-state index contributed by atoms with van der Waals surface area (Å²) in [6, 6.07) is 0.821. The van der Waals surface area contributed by atoms with Gasteiger partial charge < -0.3 is 0 Å². The van der Waals surface area contributed by atoms with Crippen molar-refractivity contribution in [3.63, 3.8) is 0 Å². The Balaban J connectivity index is 2.45. The fraction of sp³-hybridized carbons (Fsp3) is 0.500. The van der Waals surface area contributed by atoms with E-state index in [9.17, 15) is 18.0 Å². The van der Waals surface area contributed by atoms with Crippen molar-refractivity contribution in [2.24, 2.45) is 0 Å². The van der Waals surface area contributed by atoms with Gasteiger partial charge in [0, 0.05) is 13.0 Å². The lowest BCUT2D eigenvalue weighted by molar-refractivity contribution is -0.141. The van der Waals surface area contributed by atoms with Crippen LogP contribution in [0.2, 0.25) is 0 Å². The Labute approximate surface area is 77.5 Å². The smallest absolute Gasteiger partial charge is 0.292 e. The molecule has 3 nitrogen and oxygen atoms in total. The van der Waals surface area contributed by atoms with Gasteiger partial charge in [0.15, 0.2) is 11.5 Å². The Morgan fingerprint density at radius 1 is 1.43 bits per heavy atom. The molecule has 1 aliphatic heterocycles. The van der Waals surface area contributed by atoms with Gasteiger partial charge in [-0.15, -0.1) is 0 Å². The van der Waals surface area contributed by atoms with Crippen LogP contribution in [0.1, 0.15) is 29.0 Å². The minimum Gasteiger partial charge on any atom is -0.292 e. The molecule has 0 radical (unpaired) electrons. The third-order valence-corrected chi connectivity index (χ3v) is 2.13. The third kappa shape index (κ3) is 1.40. The highest BCUT2D eigenvalue weighted by atomic mass is 19.4. The molecule has 0 aliphatic carbocycles. The number of halogens is 3. The van der Waals surface area contributed by atoms with Crippen molar-refractivity contribution < 1.29 is 18.0 Å². The van der Waals surface area contributed by atoms with Crippen LogP contribution in [0, 0.1) is 0 Å². The van der Waals surface area contributed by atoms with Crippen LogP contribution in [-0.4, -0.2) is 15.6 Å². The van der Waals surface area contributed by atoms with Gasteiger partial charge in [-0.1, -0.05) is 0 Å². The Bertz CT molecular complexity index is 380. The predicted octanol–water partition coefficient (Wildman–Crippen LogP) is 1.88. The van der Waals surface area contributed by atoms with Crippen LogP contribution < -0.4 is 0 Å². The van der Waals surface area contributed by atoms with Crippen LogP contribution in [0.25, 0.3) is 0 Å². The summed E-state index contributed by atoms with van der Waals surface area (Å²) < 4.78 is 37.8. The molecule has 0 atom stereocenters. The van der Waals surface area contributed by atoms with Gasteiger partial charge >= 0.3 is 6.18 Å². The van der Waals surface area contributed by atoms with Crippen LogP contribution in [0.5, 0.6) is 0 Å². The van der Waals surface area contributed by atoms with Crippen LogP contribution in [-0.2, 0) is 12.7 Å². The summed E-state index contributed by atoms with van der Waals surface area (Å²) in [5, 5.41) is 3.34. The van der Waals surface area contributed by atoms with Crippen LogP contribution >= 0.6 is 0 Å². The molecule has 0 bridgehead atoms. The molecule has 6 heteroatoms. The highest BCUT2D eigenvalue weighted by Gasteiger charge is 2.36. The summed E-state index contributed by atoms with van der Waals surface area (Å²) in [5.74, 6) is -0.265. The van der Waals surface area contributed by atoms with E-state index in [1.54, 1.807) is 0 Å². The summed E-state index contributed by atoms with van der Waals surface area (Å²) in [6.07, 6.45) is -3.60. The number of alkyl halides is 3. The van der Waals surface area contributed by atoms with E-state index < -0.39 is 11.9 Å². The maximum absolute atomic E-state index is 12.2. The van der Waals surface area contributed by atoms with Crippen molar-refractivity contribution in [1.29, 1.82) is 0 Å². The molecule has 2 rings (SSSR count). The summed E-state index contributed by atoms with van der Waals surface area (Å²) >= 11 is 0. The van der Waals surface area contributed by atoms with Gasteiger partial charge in [-0.05, 0) is 12.5 Å². The number of fused-ring (bicyclic) bond motifs is 1. The Kier molecular flexibility index (Phi) is 1.87. The second-order valence-electron chi connectivity index (χ2n) is 3.16. The Morgan fingerprint density at radius 2 is 2.14 bits per heavy atom. The zero-order valence-corrected chi connectivity index (χ0v) is 7.14. The van der Waals surface area contributed by atoms with Crippen molar-refractivity contribution in [2.75, 3.05) is 0 Å². The molecule has 0 amide bonds. The lowest BCUT2D eigenvalue weighted by Crippen LogP contribution is -2.17. The molecule has 0 saturated heterocycles. The van der Waals surface area contributed by atoms with E-state index in [0.29, 0.717) is 19.4 Å². The zero-order valence-electron chi connectivity index (χ0n) is 7.14. The molecule has 2 heterocycles. The van der Waals surface area contributed by atoms with Crippen LogP contribution in [0.3, 0.4) is 0 Å². The molecule has 0 aromatic carbocycles. The molecule has 76 valence electrons. The minimum atomic E-state index is -4.47. The molecule has 14 heavy (non-hydrogen) atoms. The van der Waals surface area contributed by atoms with E-state index >= 15 is 0 Å². The van der Waals surface area contributed by atoms with E-state index in [1.165, 1.54) is 0 Å². The lowest BCUT2D eigenvalue weighted by Gasteiger charge is -2.10. The molecular weight excluding hydrogens is 197 g/mol. The fourth-order valence-electron chi connectivity index (χ4n) is 1.47. The Hall–Kier alpha value is -1.33. The number of carbonyl (C=O) groups excluding carboxylic acids is 1. The monoisotopic (exact) mass is 204 g/mol. The first-order chi connectivity index (χ1) is 6.48. The highest BCUT2D eigenvalue weighted by molar-refractivity contribution is 5.95. The van der Waals surface area contributed by atoms with Gasteiger partial charge in [-0.2, -0.15) is 18.3 Å². The predicted molar refractivity (Wildman–Crippen MR) is 40.8 cm³/mol. The van der Waals surface area contributed by atoms with Gasteiger partial charge in [-0.25, -0.2) is 0 Å². The number of hydrogen-bond donors (Lipinski definition) is 0. The van der Waals surface area contributed by atoms with Crippen LogP contribution in [0.15, 0.2) is 6.07 Å². The largest absolute Gasteiger partial charge is 0.435 e. The molecule has 1 aromatic rings. The van der Waals surface area contributed by atoms with Gasteiger partial charge in [0.05, 0.1) is 0 Å². The average molecular weight is 204 g/mol. The molecule has 0 saturated carbocycles. The number of aryl methyl sites for hydroxylation is 1. The lowest BCUT2D eigenvalue weighted by atomic mass is 10.1. The molecular formula is C8H7F3N2O. The van der Waals surface area contributed by atoms with Gasteiger partial charge in [-0.3, -0.25) is 9.48 Å². The van der Waals surface area contributed by atoms with E-state index in [2.05, 4.69) is 5.10 Å². The van der Waals surface area contributed by atoms with E-state index in [4.69, 9.17) is 0 Å². The van der Waals surface area contributed by atoms with Crippen molar-refractivity contribution in [1.82, 2.24) is 9.78 Å². The molecule has 0 spiro atoms. The van der Waals surface area contributed by atoms with Crippen molar-refractivity contribution in [2.45, 2.75) is 25.6 Å². The number of nitrogens with zero attached hydrogens (tertiary/aromatic N) is 2. The number of aromatic nitrogens is 2. The minimum absolute atomic E-state index is 0.0728. The highest BCUT2D eigenvalue weighted by Crippen LogP contribution is 2.29. The normalized spacial score (nSPS) is 16.9. The first kappa shape index (κ1) is 9.23. The number of hydrogen-bond acceptors (Lipinski definition) is 2. The Morgan fingerprint density at radius 3 is 2.71 bits per heavy atom. The van der Waals surface area contributed by atoms with Crippen molar-refractivity contribution in [3.8, 4) is 0 Å². The van der Waals surface area contributed by atoms with E-state index in [0.717, 1.165) is 10.7 Å². The van der Waals surface area contributed by atoms with Gasteiger partial charge in [0.25, 0.3) is 0 Å². The first-order valence-corrected chi connectivity index (χ1v) is 4.17. The quantitative estimate of drug-likeness (QED) is 0.646. The molecule has 1 aliphatic rings. The molecule has 0 unspecified atom stereocenters. The number of ketones is 1. The third-order valence-electron chi connectivity index (χ3n) is 2.13. The van der Waals surface area contributed by atoms with E-state index in [1.807, 2.05) is 0 Å². The standard InChI is InChI=1S/C8H7F3N2O/c9-8(10,11)7-4-5-6(14)2-1-3-13(5)12-7/h4H,1-3H2. The topological polar surface area (TPSA) is 34.9 Å². The maximum Gasteiger partial charge on any atom is 0.435 e. The van der Waals surface area contributed by atoms with Crippen molar-refractivity contribution in [3.05, 3.63) is 17.5 Å². The second-order valence-corrected chi connectivity index (χ2v) is 3.16. The molecule has 0 N–H and O–H groups in total. The number of Topliss-reactive ketones (excluding diaryl/α,β-unsaturated/α-hetero) is 1. The molecule has 0 fully saturated rings. The zero-order chi connectivity index (χ0) is 10.3.